The van der Waals surface area contributed by atoms with Gasteiger partial charge in [0.2, 0.25) is 17.7 Å². The van der Waals surface area contributed by atoms with Crippen LogP contribution in [0.4, 0.5) is 5.69 Å². The first-order valence-corrected chi connectivity index (χ1v) is 21.9. The predicted octanol–water partition coefficient (Wildman–Crippen LogP) is 4.05. The van der Waals surface area contributed by atoms with Crippen molar-refractivity contribution in [3.8, 4) is 0 Å². The second kappa shape index (κ2) is 16.8. The summed E-state index contributed by atoms with van der Waals surface area (Å²) < 4.78 is 13.5. The molecule has 16 heteroatoms. The van der Waals surface area contributed by atoms with Crippen molar-refractivity contribution < 1.29 is 53.6 Å². The van der Waals surface area contributed by atoms with Gasteiger partial charge in [-0.3, -0.25) is 28.8 Å². The summed E-state index contributed by atoms with van der Waals surface area (Å²) in [5.41, 5.74) is 1.25. The number of carboxylic acid groups (broad SMARTS) is 1. The van der Waals surface area contributed by atoms with Gasteiger partial charge in [-0.25, -0.2) is 0 Å². The number of rotatable bonds is 14. The zero-order valence-electron chi connectivity index (χ0n) is 33.1. The minimum Gasteiger partial charge on any atom is -0.481 e. The number of carbonyl (C=O) groups is 6. The van der Waals surface area contributed by atoms with Crippen molar-refractivity contribution in [2.24, 2.45) is 28.6 Å². The first kappa shape index (κ1) is 43.0. The number of ether oxygens (including phenoxy) is 2. The molecule has 10 atom stereocenters. The molecule has 0 bridgehead atoms. The zero-order chi connectivity index (χ0) is 42.4. The van der Waals surface area contributed by atoms with E-state index >= 15 is 0 Å². The maximum absolute atomic E-state index is 14.0. The third-order valence-electron chi connectivity index (χ3n) is 13.7. The Bertz CT molecular complexity index is 2120. The number of halogens is 1. The Morgan fingerprint density at radius 1 is 1.14 bits per heavy atom. The van der Waals surface area contributed by atoms with Gasteiger partial charge in [0.1, 0.15) is 12.6 Å². The third-order valence-corrected chi connectivity index (χ3v) is 15.3. The molecule has 0 unspecified atom stereocenters. The molecule has 0 spiro atoms. The van der Waals surface area contributed by atoms with E-state index in [1.165, 1.54) is 11.3 Å². The number of Topliss-reactive ketones (excluding diaryl/α,β-unsaturated/α-hetero) is 1. The fourth-order valence-electron chi connectivity index (χ4n) is 10.9. The largest absolute Gasteiger partial charge is 0.481 e. The number of ketones is 2. The fourth-order valence-corrected chi connectivity index (χ4v) is 12.2. The lowest BCUT2D eigenvalue weighted by atomic mass is 9.46. The van der Waals surface area contributed by atoms with Crippen LogP contribution in [0.5, 0.6) is 0 Å². The van der Waals surface area contributed by atoms with Crippen molar-refractivity contribution in [2.45, 2.75) is 95.9 Å². The van der Waals surface area contributed by atoms with Crippen LogP contribution in [0.2, 0.25) is 0 Å². The summed E-state index contributed by atoms with van der Waals surface area (Å²) in [6.07, 6.45) is 5.23. The summed E-state index contributed by atoms with van der Waals surface area (Å²) in [7, 11) is 0. The Balaban J connectivity index is 1.06. The Hall–Kier alpha value is -4.06. The van der Waals surface area contributed by atoms with Crippen molar-refractivity contribution in [1.29, 1.82) is 0 Å². The molecular formula is C43H50BrN3O11S. The minimum absolute atomic E-state index is 0.00311. The number of anilines is 1. The smallest absolute Gasteiger partial charge is 0.303 e. The number of benzene rings is 1. The summed E-state index contributed by atoms with van der Waals surface area (Å²) in [6.45, 7) is 4.97. The van der Waals surface area contributed by atoms with Gasteiger partial charge in [-0.15, -0.1) is 11.3 Å². The Morgan fingerprint density at radius 3 is 2.64 bits per heavy atom. The number of carboxylic acids is 1. The zero-order valence-corrected chi connectivity index (χ0v) is 35.5. The summed E-state index contributed by atoms with van der Waals surface area (Å²) in [5.74, 6) is -3.40. The van der Waals surface area contributed by atoms with Gasteiger partial charge in [0.15, 0.2) is 23.5 Å². The molecule has 1 aromatic carbocycles. The first-order valence-electron chi connectivity index (χ1n) is 19.9. The van der Waals surface area contributed by atoms with Crippen molar-refractivity contribution in [3.63, 3.8) is 0 Å². The standard InChI is InChI=1S/C43H50BrN3O11S/c1-22-28(21-59-32(22)14-23-5-4-6-25(13-23)46-39(56)30(9-10-37(54)55)47-36(53)19-45-35(52)18-44)40-57-34-16-29-27-8-7-24-15-26(49)11-12-41(24,2)38(27)31(50)17-42(29,3)43(34,58-40)33(51)20-48/h4-6,11-13,15,21,27,29-31,34,38,40,48,50H,7-10,14,16-20H2,1-3H3,(H,45,52)(H,46,56)(H,47,53)(H,54,55)/t27-,29-,30-,31-,34+,38+,40+,41-,42-,43+/m0/s1. The number of hydrogen-bond donors (Lipinski definition) is 6. The lowest BCUT2D eigenvalue weighted by molar-refractivity contribution is -0.201. The maximum Gasteiger partial charge on any atom is 0.303 e. The summed E-state index contributed by atoms with van der Waals surface area (Å²) in [4.78, 5) is 75.9. The molecule has 316 valence electrons. The third kappa shape index (κ3) is 7.76. The number of aliphatic carboxylic acids is 1. The number of thiophene rings is 1. The second-order valence-corrected chi connectivity index (χ2v) is 18.4. The molecule has 7 rings (SSSR count). The first-order chi connectivity index (χ1) is 28.0. The molecule has 14 nitrogen and oxygen atoms in total. The molecule has 6 N–H and O–H groups in total. The van der Waals surface area contributed by atoms with E-state index in [1.54, 1.807) is 30.4 Å². The number of allylic oxidation sites excluding steroid dienone is 4. The predicted molar refractivity (Wildman–Crippen MR) is 219 cm³/mol. The van der Waals surface area contributed by atoms with Crippen molar-refractivity contribution in [1.82, 2.24) is 10.6 Å². The average molecular weight is 897 g/mol. The van der Waals surface area contributed by atoms with E-state index in [0.29, 0.717) is 18.5 Å². The second-order valence-electron chi connectivity index (χ2n) is 16.9. The number of nitrogens with one attached hydrogen (secondary N) is 3. The number of aliphatic hydroxyl groups is 2. The highest BCUT2D eigenvalue weighted by atomic mass is 79.9. The lowest BCUT2D eigenvalue weighted by Gasteiger charge is -2.59. The number of carbonyl (C=O) groups excluding carboxylic acids is 5. The molecule has 2 aromatic rings. The van der Waals surface area contributed by atoms with Gasteiger partial charge in [0.25, 0.3) is 0 Å². The lowest BCUT2D eigenvalue weighted by Crippen LogP contribution is -2.63. The molecule has 4 aliphatic carbocycles. The topological polar surface area (TPSA) is 218 Å². The van der Waals surface area contributed by atoms with Crippen molar-refractivity contribution in [3.05, 3.63) is 75.0 Å². The molecule has 1 aliphatic heterocycles. The van der Waals surface area contributed by atoms with E-state index < -0.39 is 77.1 Å². The molecule has 3 amide bonds. The van der Waals surface area contributed by atoms with E-state index in [1.807, 2.05) is 31.4 Å². The normalized spacial score (nSPS) is 32.2. The maximum atomic E-state index is 14.0. The van der Waals surface area contributed by atoms with E-state index in [2.05, 4.69) is 38.8 Å². The van der Waals surface area contributed by atoms with E-state index in [9.17, 15) is 44.1 Å². The molecule has 5 aliphatic rings. The average Bonchev–Trinajstić information content (AvgIpc) is 3.83. The Morgan fingerprint density at radius 2 is 1.92 bits per heavy atom. The molecule has 4 fully saturated rings. The van der Waals surface area contributed by atoms with Gasteiger partial charge < -0.3 is 40.7 Å². The van der Waals surface area contributed by atoms with Gasteiger partial charge in [0, 0.05) is 45.7 Å². The monoisotopic (exact) mass is 895 g/mol. The number of aliphatic hydroxyl groups excluding tert-OH is 2. The van der Waals surface area contributed by atoms with Gasteiger partial charge in [0.05, 0.1) is 24.1 Å². The summed E-state index contributed by atoms with van der Waals surface area (Å²) in [6, 6.07) is 5.99. The van der Waals surface area contributed by atoms with Gasteiger partial charge in [-0.1, -0.05) is 53.6 Å². The van der Waals surface area contributed by atoms with Gasteiger partial charge in [-0.2, -0.15) is 0 Å². The Labute approximate surface area is 354 Å². The van der Waals surface area contributed by atoms with Gasteiger partial charge in [-0.05, 0) is 91.7 Å². The number of hydrogen-bond acceptors (Lipinski definition) is 11. The van der Waals surface area contributed by atoms with Crippen LogP contribution in [0.1, 0.15) is 80.2 Å². The van der Waals surface area contributed by atoms with Crippen LogP contribution in [-0.4, -0.2) is 92.9 Å². The quantitative estimate of drug-likeness (QED) is 0.149. The van der Waals surface area contributed by atoms with Crippen LogP contribution in [0, 0.1) is 35.5 Å². The van der Waals surface area contributed by atoms with Crippen LogP contribution >= 0.6 is 27.3 Å². The highest BCUT2D eigenvalue weighted by molar-refractivity contribution is 9.09. The minimum atomic E-state index is -1.47. The SMILES string of the molecule is Cc1c([C@@H]2O[C@@H]3C[C@H]4[C@@H]5CCC6=CC(=O)C=C[C@]6(C)[C@H]5[C@@H](O)C[C@]4(C)[C@]3(C(=O)CO)O2)csc1Cc1cccc(NC(=O)[C@H](CCC(=O)O)NC(=O)CNC(=O)CBr)c1. The molecule has 3 saturated carbocycles. The molecular weight excluding hydrogens is 846 g/mol. The molecule has 1 saturated heterocycles. The molecule has 59 heavy (non-hydrogen) atoms. The van der Waals surface area contributed by atoms with Crippen molar-refractivity contribution >= 4 is 68.2 Å². The highest BCUT2D eigenvalue weighted by Gasteiger charge is 2.76. The van der Waals surface area contributed by atoms with E-state index in [4.69, 9.17) is 9.47 Å². The van der Waals surface area contributed by atoms with Crippen LogP contribution in [-0.2, 0) is 44.7 Å². The van der Waals surface area contributed by atoms with Crippen LogP contribution in [0.3, 0.4) is 0 Å². The van der Waals surface area contributed by atoms with Crippen LogP contribution in [0.25, 0.3) is 0 Å². The molecule has 2 heterocycles. The van der Waals surface area contributed by atoms with Crippen LogP contribution in [0.15, 0.2) is 53.4 Å². The van der Waals surface area contributed by atoms with Crippen LogP contribution < -0.4 is 16.0 Å². The molecule has 0 radical (unpaired) electrons. The number of alkyl halides is 1. The van der Waals surface area contributed by atoms with Gasteiger partial charge >= 0.3 is 5.97 Å². The number of amides is 3. The number of fused-ring (bicyclic) bond motifs is 7. The molecule has 1 aromatic heterocycles. The Kier molecular flexibility index (Phi) is 12.2. The fraction of sp³-hybridized carbons (Fsp3) is 0.535. The van der Waals surface area contributed by atoms with Crippen molar-refractivity contribution in [2.75, 3.05) is 23.8 Å². The van der Waals surface area contributed by atoms with E-state index in [0.717, 1.165) is 40.0 Å². The summed E-state index contributed by atoms with van der Waals surface area (Å²) in [5, 5.41) is 41.2. The summed E-state index contributed by atoms with van der Waals surface area (Å²) >= 11 is 4.50. The highest BCUT2D eigenvalue weighted by Crippen LogP contribution is 2.70. The van der Waals surface area contributed by atoms with E-state index in [-0.39, 0.29) is 54.7 Å².